The van der Waals surface area contributed by atoms with Gasteiger partial charge in [0.25, 0.3) is 0 Å². The van der Waals surface area contributed by atoms with Crippen LogP contribution in [0.5, 0.6) is 0 Å². The summed E-state index contributed by atoms with van der Waals surface area (Å²) in [5.41, 5.74) is 2.34. The lowest BCUT2D eigenvalue weighted by Gasteiger charge is -2.24. The number of benzene rings is 1. The molecule has 0 bridgehead atoms. The fourth-order valence-electron chi connectivity index (χ4n) is 2.72. The molecule has 2 aromatic rings. The minimum Gasteiger partial charge on any atom is -0.260 e. The number of pyridine rings is 1. The summed E-state index contributed by atoms with van der Waals surface area (Å²) in [6, 6.07) is 6.98. The van der Waals surface area contributed by atoms with Crippen LogP contribution in [-0.2, 0) is 12.6 Å². The molecule has 3 rings (SSSR count). The molecule has 0 fully saturated rings. The smallest absolute Gasteiger partial charge is 0.260 e. The zero-order valence-electron chi connectivity index (χ0n) is 13.5. The van der Waals surface area contributed by atoms with Crippen LogP contribution in [-0.4, -0.2) is 4.98 Å². The SMILES string of the molecule is C=C1C(Cc2ccc(C(F)(F)F)cn2)=C(CC)Sc2cc(F)ccc21. The molecule has 1 aromatic heterocycles. The van der Waals surface area contributed by atoms with Crippen molar-refractivity contribution >= 4 is 17.3 Å². The van der Waals surface area contributed by atoms with Crippen molar-refractivity contribution in [3.63, 3.8) is 0 Å². The number of rotatable bonds is 3. The summed E-state index contributed by atoms with van der Waals surface area (Å²) in [4.78, 5) is 5.79. The van der Waals surface area contributed by atoms with Gasteiger partial charge < -0.3 is 0 Å². The first-order chi connectivity index (χ1) is 11.8. The predicted octanol–water partition coefficient (Wildman–Crippen LogP) is 6.27. The van der Waals surface area contributed by atoms with Gasteiger partial charge in [0.2, 0.25) is 0 Å². The zero-order chi connectivity index (χ0) is 18.2. The molecular formula is C19H15F4NS. The molecule has 1 aliphatic rings. The lowest BCUT2D eigenvalue weighted by Crippen LogP contribution is -2.08. The van der Waals surface area contributed by atoms with Crippen LogP contribution in [0, 0.1) is 5.82 Å². The Bertz CT molecular complexity index is 851. The van der Waals surface area contributed by atoms with Crippen molar-refractivity contribution in [2.45, 2.75) is 30.8 Å². The van der Waals surface area contributed by atoms with E-state index in [0.29, 0.717) is 12.1 Å². The van der Waals surface area contributed by atoms with Gasteiger partial charge in [-0.05, 0) is 52.3 Å². The second-order valence-corrected chi connectivity index (χ2v) is 6.83. The van der Waals surface area contributed by atoms with Crippen LogP contribution in [0.2, 0.25) is 0 Å². The number of aromatic nitrogens is 1. The average Bonchev–Trinajstić information content (AvgIpc) is 2.56. The molecule has 6 heteroatoms. The van der Waals surface area contributed by atoms with Gasteiger partial charge in [-0.1, -0.05) is 31.3 Å². The molecular weight excluding hydrogens is 350 g/mol. The lowest BCUT2D eigenvalue weighted by molar-refractivity contribution is -0.137. The second-order valence-electron chi connectivity index (χ2n) is 5.69. The molecule has 0 saturated carbocycles. The van der Waals surface area contributed by atoms with E-state index in [-0.39, 0.29) is 5.82 Å². The van der Waals surface area contributed by atoms with Gasteiger partial charge >= 0.3 is 6.18 Å². The summed E-state index contributed by atoms with van der Waals surface area (Å²) < 4.78 is 51.4. The zero-order valence-corrected chi connectivity index (χ0v) is 14.3. The normalized spacial score (nSPS) is 14.7. The molecule has 25 heavy (non-hydrogen) atoms. The maximum absolute atomic E-state index is 13.5. The number of allylic oxidation sites excluding steroid dienone is 3. The Morgan fingerprint density at radius 2 is 1.92 bits per heavy atom. The van der Waals surface area contributed by atoms with Crippen molar-refractivity contribution in [3.8, 4) is 0 Å². The standard InChI is InChI=1S/C19H15F4NS/c1-3-17-16(9-14-6-4-12(10-24-14)19(21,22)23)11(2)15-7-5-13(20)8-18(15)25-17/h4-8,10H,2-3,9H2,1H3. The Morgan fingerprint density at radius 3 is 2.52 bits per heavy atom. The molecule has 1 aromatic carbocycles. The van der Waals surface area contributed by atoms with Gasteiger partial charge in [-0.15, -0.1) is 0 Å². The van der Waals surface area contributed by atoms with Crippen LogP contribution in [0.3, 0.4) is 0 Å². The minimum atomic E-state index is -4.40. The van der Waals surface area contributed by atoms with E-state index in [2.05, 4.69) is 11.6 Å². The van der Waals surface area contributed by atoms with E-state index in [1.54, 1.807) is 6.07 Å². The Labute approximate surface area is 147 Å². The molecule has 130 valence electrons. The monoisotopic (exact) mass is 365 g/mol. The number of hydrogen-bond donors (Lipinski definition) is 0. The number of nitrogens with zero attached hydrogens (tertiary/aromatic N) is 1. The van der Waals surface area contributed by atoms with Gasteiger partial charge in [-0.3, -0.25) is 4.98 Å². The maximum Gasteiger partial charge on any atom is 0.417 e. The molecule has 1 nitrogen and oxygen atoms in total. The van der Waals surface area contributed by atoms with Crippen molar-refractivity contribution in [1.29, 1.82) is 0 Å². The lowest BCUT2D eigenvalue weighted by atomic mass is 9.94. The van der Waals surface area contributed by atoms with E-state index in [0.717, 1.165) is 45.2 Å². The molecule has 0 saturated heterocycles. The number of fused-ring (bicyclic) bond motifs is 1. The fraction of sp³-hybridized carbons (Fsp3) is 0.211. The van der Waals surface area contributed by atoms with Crippen LogP contribution in [0.1, 0.15) is 30.2 Å². The second kappa shape index (κ2) is 6.67. The highest BCUT2D eigenvalue weighted by Crippen LogP contribution is 2.46. The molecule has 0 radical (unpaired) electrons. The van der Waals surface area contributed by atoms with Gasteiger partial charge in [0.1, 0.15) is 5.82 Å². The fourth-order valence-corrected chi connectivity index (χ4v) is 3.92. The summed E-state index contributed by atoms with van der Waals surface area (Å²) in [5.74, 6) is -0.303. The first-order valence-corrected chi connectivity index (χ1v) is 8.52. The highest BCUT2D eigenvalue weighted by molar-refractivity contribution is 8.03. The van der Waals surface area contributed by atoms with E-state index in [1.807, 2.05) is 6.92 Å². The Balaban J connectivity index is 1.92. The molecule has 0 aliphatic carbocycles. The topological polar surface area (TPSA) is 12.9 Å². The Morgan fingerprint density at radius 1 is 1.16 bits per heavy atom. The van der Waals surface area contributed by atoms with Gasteiger partial charge in [0.15, 0.2) is 0 Å². The third-order valence-electron chi connectivity index (χ3n) is 4.03. The molecule has 1 aliphatic heterocycles. The van der Waals surface area contributed by atoms with Gasteiger partial charge in [0, 0.05) is 23.2 Å². The van der Waals surface area contributed by atoms with E-state index in [1.165, 1.54) is 30.0 Å². The first-order valence-electron chi connectivity index (χ1n) is 7.70. The number of hydrogen-bond acceptors (Lipinski definition) is 2. The Kier molecular flexibility index (Phi) is 4.73. The van der Waals surface area contributed by atoms with Crippen LogP contribution in [0.15, 0.2) is 58.5 Å². The van der Waals surface area contributed by atoms with Crippen LogP contribution >= 0.6 is 11.8 Å². The van der Waals surface area contributed by atoms with E-state index < -0.39 is 11.7 Å². The molecule has 0 unspecified atom stereocenters. The molecule has 0 atom stereocenters. The molecule has 0 amide bonds. The van der Waals surface area contributed by atoms with Gasteiger partial charge in [0.05, 0.1) is 5.56 Å². The first kappa shape index (κ1) is 17.7. The van der Waals surface area contributed by atoms with Crippen LogP contribution < -0.4 is 0 Å². The number of halogens is 4. The largest absolute Gasteiger partial charge is 0.417 e. The van der Waals surface area contributed by atoms with E-state index >= 15 is 0 Å². The van der Waals surface area contributed by atoms with Crippen LogP contribution in [0.25, 0.3) is 5.57 Å². The van der Waals surface area contributed by atoms with E-state index in [9.17, 15) is 17.6 Å². The van der Waals surface area contributed by atoms with Gasteiger partial charge in [-0.2, -0.15) is 13.2 Å². The summed E-state index contributed by atoms with van der Waals surface area (Å²) in [5, 5.41) is 0. The predicted molar refractivity (Wildman–Crippen MR) is 91.6 cm³/mol. The summed E-state index contributed by atoms with van der Waals surface area (Å²) in [6.45, 7) is 6.10. The van der Waals surface area contributed by atoms with E-state index in [4.69, 9.17) is 0 Å². The summed E-state index contributed by atoms with van der Waals surface area (Å²) in [7, 11) is 0. The Hall–Kier alpha value is -2.08. The quantitative estimate of drug-likeness (QED) is 0.595. The van der Waals surface area contributed by atoms with Crippen molar-refractivity contribution in [3.05, 3.63) is 76.2 Å². The third-order valence-corrected chi connectivity index (χ3v) is 5.37. The molecule has 2 heterocycles. The maximum atomic E-state index is 13.5. The highest BCUT2D eigenvalue weighted by atomic mass is 32.2. The third kappa shape index (κ3) is 3.63. The van der Waals surface area contributed by atoms with Crippen molar-refractivity contribution in [2.75, 3.05) is 0 Å². The van der Waals surface area contributed by atoms with Gasteiger partial charge in [-0.25, -0.2) is 4.39 Å². The molecule has 0 spiro atoms. The minimum absolute atomic E-state index is 0.303. The highest BCUT2D eigenvalue weighted by Gasteiger charge is 2.30. The summed E-state index contributed by atoms with van der Waals surface area (Å²) >= 11 is 1.48. The number of thioether (sulfide) groups is 1. The summed E-state index contributed by atoms with van der Waals surface area (Å²) in [6.07, 6.45) is -2.42. The average molecular weight is 365 g/mol. The van der Waals surface area contributed by atoms with Crippen molar-refractivity contribution < 1.29 is 17.6 Å². The number of alkyl halides is 3. The van der Waals surface area contributed by atoms with Crippen molar-refractivity contribution in [2.24, 2.45) is 0 Å². The molecule has 0 N–H and O–H groups in total. The van der Waals surface area contributed by atoms with Crippen molar-refractivity contribution in [1.82, 2.24) is 4.98 Å². The van der Waals surface area contributed by atoms with Crippen LogP contribution in [0.4, 0.5) is 17.6 Å².